The minimum absolute atomic E-state index is 1.17. The molecule has 10 rings (SSSR count). The molecule has 0 unspecified atom stereocenters. The van der Waals surface area contributed by atoms with Gasteiger partial charge >= 0.3 is 0 Å². The standard InChI is InChI=1S/C52H46N2Si2/c1-35-17-21-39(22-18-35)53(37-13-9-7-10-14-37)41-25-27-45-49(33-41)55(3,4)47-31-29-44-43(51(45)47)30-32-48-52(44)46-28-26-42(34-50(46)56(48,5)6)54(38-15-11-8-12-16-38)40-23-19-36(2)20-24-40/h7-34H,1-6H3. The summed E-state index contributed by atoms with van der Waals surface area (Å²) in [5, 5.41) is 8.89. The fourth-order valence-electron chi connectivity index (χ4n) is 9.57. The van der Waals surface area contributed by atoms with E-state index < -0.39 is 16.1 Å². The van der Waals surface area contributed by atoms with E-state index in [2.05, 4.69) is 220 Å². The Morgan fingerprint density at radius 2 is 0.661 bits per heavy atom. The quantitative estimate of drug-likeness (QED) is 0.156. The first-order chi connectivity index (χ1) is 27.1. The maximum absolute atomic E-state index is 2.54. The summed E-state index contributed by atoms with van der Waals surface area (Å²) in [5.41, 5.74) is 15.4. The fraction of sp³-hybridized carbons (Fsp3) is 0.115. The molecule has 2 aliphatic heterocycles. The summed E-state index contributed by atoms with van der Waals surface area (Å²) in [4.78, 5) is 4.82. The molecule has 0 saturated heterocycles. The van der Waals surface area contributed by atoms with Crippen molar-refractivity contribution in [3.05, 3.63) is 181 Å². The van der Waals surface area contributed by atoms with E-state index >= 15 is 0 Å². The van der Waals surface area contributed by atoms with Crippen LogP contribution in [0.5, 0.6) is 0 Å². The Kier molecular flexibility index (Phi) is 7.90. The Morgan fingerprint density at radius 1 is 0.321 bits per heavy atom. The summed E-state index contributed by atoms with van der Waals surface area (Å²) in [6, 6.07) is 63.9. The summed E-state index contributed by atoms with van der Waals surface area (Å²) in [5.74, 6) is 0. The molecule has 0 amide bonds. The zero-order valence-electron chi connectivity index (χ0n) is 33.1. The van der Waals surface area contributed by atoms with Gasteiger partial charge in [0, 0.05) is 34.1 Å². The van der Waals surface area contributed by atoms with Crippen LogP contribution in [0.2, 0.25) is 26.2 Å². The van der Waals surface area contributed by atoms with Crippen molar-refractivity contribution in [2.75, 3.05) is 9.80 Å². The fourth-order valence-corrected chi connectivity index (χ4v) is 15.7. The maximum atomic E-state index is 2.54. The van der Waals surface area contributed by atoms with Crippen LogP contribution in [-0.4, -0.2) is 16.1 Å². The van der Waals surface area contributed by atoms with Crippen LogP contribution in [0, 0.1) is 13.8 Å². The zero-order chi connectivity index (χ0) is 38.3. The Hall–Kier alpha value is -5.95. The number of hydrogen-bond acceptors (Lipinski definition) is 2. The lowest BCUT2D eigenvalue weighted by Crippen LogP contribution is -2.49. The van der Waals surface area contributed by atoms with Crippen molar-refractivity contribution in [3.63, 3.8) is 0 Å². The molecule has 2 nitrogen and oxygen atoms in total. The molecule has 0 fully saturated rings. The van der Waals surface area contributed by atoms with Gasteiger partial charge in [-0.05, 0) is 140 Å². The van der Waals surface area contributed by atoms with Gasteiger partial charge in [-0.25, -0.2) is 0 Å². The highest BCUT2D eigenvalue weighted by molar-refractivity contribution is 7.05. The van der Waals surface area contributed by atoms with Crippen LogP contribution >= 0.6 is 0 Å². The van der Waals surface area contributed by atoms with Crippen molar-refractivity contribution in [2.24, 2.45) is 0 Å². The summed E-state index contributed by atoms with van der Waals surface area (Å²) < 4.78 is 0. The third-order valence-corrected chi connectivity index (χ3v) is 19.6. The lowest BCUT2D eigenvalue weighted by molar-refractivity contribution is 1.28. The molecule has 2 heterocycles. The molecule has 0 atom stereocenters. The lowest BCUT2D eigenvalue weighted by atomic mass is 9.92. The molecule has 0 aliphatic carbocycles. The van der Waals surface area contributed by atoms with Gasteiger partial charge in [-0.1, -0.05) is 134 Å². The number of aryl methyl sites for hydroxylation is 2. The van der Waals surface area contributed by atoms with Crippen molar-refractivity contribution in [2.45, 2.75) is 40.0 Å². The smallest absolute Gasteiger partial charge is 0.113 e. The molecule has 0 N–H and O–H groups in total. The second-order valence-corrected chi connectivity index (χ2v) is 25.4. The lowest BCUT2D eigenvalue weighted by Gasteiger charge is -2.27. The third-order valence-electron chi connectivity index (χ3n) is 12.6. The van der Waals surface area contributed by atoms with Gasteiger partial charge in [-0.3, -0.25) is 0 Å². The Labute approximate surface area is 333 Å². The second kappa shape index (κ2) is 12.8. The molecule has 8 aromatic carbocycles. The first kappa shape index (κ1) is 34.5. The molecule has 0 spiro atoms. The number of para-hydroxylation sites is 2. The molecule has 0 saturated carbocycles. The third kappa shape index (κ3) is 5.27. The van der Waals surface area contributed by atoms with Crippen molar-refractivity contribution < 1.29 is 0 Å². The molecule has 0 radical (unpaired) electrons. The van der Waals surface area contributed by atoms with E-state index in [1.54, 1.807) is 10.4 Å². The first-order valence-electron chi connectivity index (χ1n) is 19.9. The number of benzene rings is 8. The largest absolute Gasteiger partial charge is 0.311 e. The van der Waals surface area contributed by atoms with Crippen LogP contribution in [0.4, 0.5) is 34.1 Å². The SMILES string of the molecule is Cc1ccc(N(c2ccccc2)c2ccc3c(c2)[Si](C)(C)c2ccc4c5c(ccc4c2-3)[Si](C)(C)c2cc(N(c3ccccc3)c3ccc(C)cc3)ccc2-5)cc1. The number of hydrogen-bond donors (Lipinski definition) is 0. The number of rotatable bonds is 6. The van der Waals surface area contributed by atoms with Gasteiger partial charge < -0.3 is 9.80 Å². The van der Waals surface area contributed by atoms with Gasteiger partial charge in [0.05, 0.1) is 0 Å². The van der Waals surface area contributed by atoms with Gasteiger partial charge in [-0.2, -0.15) is 0 Å². The Morgan fingerprint density at radius 3 is 1.04 bits per heavy atom. The van der Waals surface area contributed by atoms with E-state index in [1.807, 2.05) is 0 Å². The van der Waals surface area contributed by atoms with Gasteiger partial charge in [-0.15, -0.1) is 0 Å². The van der Waals surface area contributed by atoms with Crippen LogP contribution in [0.25, 0.3) is 33.0 Å². The maximum Gasteiger partial charge on any atom is 0.113 e. The van der Waals surface area contributed by atoms with Crippen molar-refractivity contribution in [1.29, 1.82) is 0 Å². The Balaban J connectivity index is 1.12. The minimum Gasteiger partial charge on any atom is -0.311 e. The van der Waals surface area contributed by atoms with Gasteiger partial charge in [0.1, 0.15) is 16.1 Å². The summed E-state index contributed by atoms with van der Waals surface area (Å²) in [6.07, 6.45) is 0. The van der Waals surface area contributed by atoms with Crippen LogP contribution < -0.4 is 30.5 Å². The van der Waals surface area contributed by atoms with Crippen molar-refractivity contribution in [3.8, 4) is 22.3 Å². The predicted octanol–water partition coefficient (Wildman–Crippen LogP) is 12.0. The molecule has 0 aromatic heterocycles. The number of fused-ring (bicyclic) bond motifs is 9. The normalized spacial score (nSPS) is 14.2. The first-order valence-corrected chi connectivity index (χ1v) is 25.9. The van der Waals surface area contributed by atoms with E-state index in [0.717, 1.165) is 0 Å². The van der Waals surface area contributed by atoms with Crippen molar-refractivity contribution in [1.82, 2.24) is 0 Å². The molecular formula is C52H46N2Si2. The highest BCUT2D eigenvalue weighted by Crippen LogP contribution is 2.44. The highest BCUT2D eigenvalue weighted by atomic mass is 28.3. The minimum atomic E-state index is -2.02. The molecule has 4 heteroatoms. The van der Waals surface area contributed by atoms with Crippen LogP contribution in [0.15, 0.2) is 170 Å². The average molecular weight is 755 g/mol. The summed E-state index contributed by atoms with van der Waals surface area (Å²) >= 11 is 0. The van der Waals surface area contributed by atoms with Gasteiger partial charge in [0.2, 0.25) is 0 Å². The molecule has 2 aliphatic rings. The van der Waals surface area contributed by atoms with E-state index in [-0.39, 0.29) is 0 Å². The zero-order valence-corrected chi connectivity index (χ0v) is 35.1. The number of nitrogens with zero attached hydrogens (tertiary/aromatic N) is 2. The second-order valence-electron chi connectivity index (χ2n) is 16.8. The summed E-state index contributed by atoms with van der Waals surface area (Å²) in [6.45, 7) is 14.5. The van der Waals surface area contributed by atoms with Gasteiger partial charge in [0.25, 0.3) is 0 Å². The molecule has 56 heavy (non-hydrogen) atoms. The van der Waals surface area contributed by atoms with Crippen LogP contribution in [-0.2, 0) is 0 Å². The predicted molar refractivity (Wildman–Crippen MR) is 247 cm³/mol. The molecule has 272 valence electrons. The summed E-state index contributed by atoms with van der Waals surface area (Å²) in [7, 11) is -4.05. The molecule has 0 bridgehead atoms. The monoisotopic (exact) mass is 754 g/mol. The van der Waals surface area contributed by atoms with Crippen molar-refractivity contribution >= 4 is 81.8 Å². The van der Waals surface area contributed by atoms with E-state index in [0.29, 0.717) is 0 Å². The van der Waals surface area contributed by atoms with Crippen LogP contribution in [0.1, 0.15) is 11.1 Å². The number of anilines is 6. The van der Waals surface area contributed by atoms with E-state index in [4.69, 9.17) is 0 Å². The average Bonchev–Trinajstić information content (AvgIpc) is 3.59. The molecule has 8 aromatic rings. The highest BCUT2D eigenvalue weighted by Gasteiger charge is 2.42. The van der Waals surface area contributed by atoms with Crippen LogP contribution in [0.3, 0.4) is 0 Å². The van der Waals surface area contributed by atoms with E-state index in [1.165, 1.54) is 88.7 Å². The van der Waals surface area contributed by atoms with E-state index in [9.17, 15) is 0 Å². The topological polar surface area (TPSA) is 6.48 Å². The molecular weight excluding hydrogens is 709 g/mol. The van der Waals surface area contributed by atoms with Gasteiger partial charge in [0.15, 0.2) is 0 Å². The Bertz CT molecular complexity index is 2610.